The summed E-state index contributed by atoms with van der Waals surface area (Å²) in [4.78, 5) is 17.0. The Balaban J connectivity index is 1.40. The number of carbonyl (C=O) groups is 1. The summed E-state index contributed by atoms with van der Waals surface area (Å²) < 4.78 is 22.0. The van der Waals surface area contributed by atoms with Crippen molar-refractivity contribution in [1.82, 2.24) is 25.1 Å². The fourth-order valence-corrected chi connectivity index (χ4v) is 4.22. The number of para-hydroxylation sites is 1. The van der Waals surface area contributed by atoms with Crippen molar-refractivity contribution in [2.24, 2.45) is 0 Å². The van der Waals surface area contributed by atoms with Gasteiger partial charge >= 0.3 is 0 Å². The summed E-state index contributed by atoms with van der Waals surface area (Å²) >= 11 is 0. The Morgan fingerprint density at radius 2 is 1.97 bits per heavy atom. The number of benzene rings is 2. The molecule has 2 aromatic heterocycles. The normalized spacial score (nSPS) is 17.0. The van der Waals surface area contributed by atoms with E-state index in [0.717, 1.165) is 0 Å². The lowest BCUT2D eigenvalue weighted by Crippen LogP contribution is -2.44. The lowest BCUT2D eigenvalue weighted by Gasteiger charge is -2.35. The molecule has 8 nitrogen and oxygen atoms in total. The molecule has 0 aliphatic heterocycles. The maximum Gasteiger partial charge on any atom is 0.251 e. The third-order valence-corrected chi connectivity index (χ3v) is 6.00. The number of phenols is 1. The van der Waals surface area contributed by atoms with Gasteiger partial charge in [-0.1, -0.05) is 18.2 Å². The number of aromatic hydroxyl groups is 1. The average Bonchev–Trinajstić information content (AvgIpc) is 3.26. The number of hydrogen-bond acceptors (Lipinski definition) is 6. The standard InChI is InChI=1S/C26H24FN5O3/c1-2-35-20-10-11-22(28-15-20)25-31-30-24(32(25)23-9-4-3-8-21(23)27)17-12-18(13-17)29-26(34)16-6-5-7-19(33)14-16/h3-11,14-15,17-18,33H,2,12-13H2,1H3,(H,29,34). The van der Waals surface area contributed by atoms with E-state index in [9.17, 15) is 14.3 Å². The molecule has 1 fully saturated rings. The van der Waals surface area contributed by atoms with Crippen molar-refractivity contribution in [3.63, 3.8) is 0 Å². The van der Waals surface area contributed by atoms with Crippen LogP contribution < -0.4 is 10.1 Å². The molecule has 5 rings (SSSR count). The van der Waals surface area contributed by atoms with Gasteiger partial charge in [0.05, 0.1) is 18.5 Å². The second-order valence-corrected chi connectivity index (χ2v) is 8.37. The van der Waals surface area contributed by atoms with Crippen LogP contribution in [0, 0.1) is 5.82 Å². The van der Waals surface area contributed by atoms with E-state index in [1.807, 2.05) is 6.92 Å². The van der Waals surface area contributed by atoms with Gasteiger partial charge in [0.15, 0.2) is 5.82 Å². The summed E-state index contributed by atoms with van der Waals surface area (Å²) in [6, 6.07) is 16.2. The molecule has 0 saturated heterocycles. The van der Waals surface area contributed by atoms with Gasteiger partial charge in [0.25, 0.3) is 5.91 Å². The molecule has 35 heavy (non-hydrogen) atoms. The van der Waals surface area contributed by atoms with E-state index in [4.69, 9.17) is 4.74 Å². The number of pyridine rings is 1. The minimum atomic E-state index is -0.395. The van der Waals surface area contributed by atoms with Crippen LogP contribution in [0.1, 0.15) is 41.9 Å². The monoisotopic (exact) mass is 473 g/mol. The van der Waals surface area contributed by atoms with E-state index in [1.165, 1.54) is 18.2 Å². The summed E-state index contributed by atoms with van der Waals surface area (Å²) in [6.45, 7) is 2.43. The summed E-state index contributed by atoms with van der Waals surface area (Å²) in [6.07, 6.45) is 2.87. The third-order valence-electron chi connectivity index (χ3n) is 6.00. The van der Waals surface area contributed by atoms with Crippen LogP contribution in [0.25, 0.3) is 17.2 Å². The number of halogens is 1. The zero-order valence-electron chi connectivity index (χ0n) is 19.1. The molecule has 2 heterocycles. The Kier molecular flexibility index (Phi) is 6.13. The zero-order chi connectivity index (χ0) is 24.4. The Bertz CT molecular complexity index is 1350. The van der Waals surface area contributed by atoms with Crippen molar-refractivity contribution in [2.45, 2.75) is 31.7 Å². The summed E-state index contributed by atoms with van der Waals surface area (Å²) in [5, 5.41) is 21.4. The Morgan fingerprint density at radius 1 is 1.14 bits per heavy atom. The van der Waals surface area contributed by atoms with Gasteiger partial charge in [0.2, 0.25) is 0 Å². The zero-order valence-corrected chi connectivity index (χ0v) is 19.1. The van der Waals surface area contributed by atoms with Crippen molar-refractivity contribution in [3.8, 4) is 28.7 Å². The van der Waals surface area contributed by atoms with Crippen LogP contribution in [-0.4, -0.2) is 43.4 Å². The van der Waals surface area contributed by atoms with E-state index in [-0.39, 0.29) is 23.6 Å². The van der Waals surface area contributed by atoms with Crippen LogP contribution in [0.2, 0.25) is 0 Å². The molecule has 4 aromatic rings. The number of rotatable bonds is 7. The Labute approximate surface area is 201 Å². The second-order valence-electron chi connectivity index (χ2n) is 8.37. The number of carbonyl (C=O) groups excluding carboxylic acids is 1. The van der Waals surface area contributed by atoms with Crippen molar-refractivity contribution in [1.29, 1.82) is 0 Å². The molecule has 1 saturated carbocycles. The van der Waals surface area contributed by atoms with Crippen LogP contribution in [-0.2, 0) is 0 Å². The average molecular weight is 474 g/mol. The lowest BCUT2D eigenvalue weighted by molar-refractivity contribution is 0.0906. The molecule has 9 heteroatoms. The second kappa shape index (κ2) is 9.54. The number of ether oxygens (including phenoxy) is 1. The van der Waals surface area contributed by atoms with E-state index < -0.39 is 5.82 Å². The predicted octanol–water partition coefficient (Wildman–Crippen LogP) is 4.25. The molecule has 2 N–H and O–H groups in total. The SMILES string of the molecule is CCOc1ccc(-c2nnc(C3CC(NC(=O)c4cccc(O)c4)C3)n2-c2ccccc2F)nc1. The van der Waals surface area contributed by atoms with E-state index in [1.54, 1.807) is 53.2 Å². The number of aromatic nitrogens is 4. The molecule has 0 bridgehead atoms. The van der Waals surface area contributed by atoms with Crippen molar-refractivity contribution in [3.05, 3.63) is 84.1 Å². The molecule has 0 radical (unpaired) electrons. The van der Waals surface area contributed by atoms with Crippen LogP contribution in [0.4, 0.5) is 4.39 Å². The minimum Gasteiger partial charge on any atom is -0.508 e. The quantitative estimate of drug-likeness (QED) is 0.416. The molecular weight excluding hydrogens is 449 g/mol. The molecule has 0 atom stereocenters. The van der Waals surface area contributed by atoms with Crippen LogP contribution in [0.3, 0.4) is 0 Å². The number of amides is 1. The van der Waals surface area contributed by atoms with Gasteiger partial charge in [-0.3, -0.25) is 9.36 Å². The maximum absolute atomic E-state index is 14.9. The number of nitrogens with zero attached hydrogens (tertiary/aromatic N) is 4. The first-order chi connectivity index (χ1) is 17.0. The topological polar surface area (TPSA) is 102 Å². The fraction of sp³-hybridized carbons (Fsp3) is 0.231. The van der Waals surface area contributed by atoms with Gasteiger partial charge in [-0.25, -0.2) is 9.37 Å². The van der Waals surface area contributed by atoms with Crippen molar-refractivity contribution >= 4 is 5.91 Å². The highest BCUT2D eigenvalue weighted by atomic mass is 19.1. The molecule has 1 aliphatic rings. The molecule has 0 spiro atoms. The highest BCUT2D eigenvalue weighted by Crippen LogP contribution is 2.39. The molecule has 1 amide bonds. The van der Waals surface area contributed by atoms with Crippen molar-refractivity contribution < 1.29 is 19.0 Å². The van der Waals surface area contributed by atoms with Gasteiger partial charge in [0.1, 0.15) is 28.8 Å². The summed E-state index contributed by atoms with van der Waals surface area (Å²) in [5.41, 5.74) is 1.28. The van der Waals surface area contributed by atoms with Crippen LogP contribution >= 0.6 is 0 Å². The van der Waals surface area contributed by atoms with Crippen LogP contribution in [0.5, 0.6) is 11.5 Å². The minimum absolute atomic E-state index is 0.0203. The highest BCUT2D eigenvalue weighted by molar-refractivity contribution is 5.94. The third kappa shape index (κ3) is 4.57. The first kappa shape index (κ1) is 22.5. The van der Waals surface area contributed by atoms with Gasteiger partial charge in [-0.2, -0.15) is 0 Å². The highest BCUT2D eigenvalue weighted by Gasteiger charge is 2.36. The first-order valence-corrected chi connectivity index (χ1v) is 11.4. The maximum atomic E-state index is 14.9. The number of nitrogens with one attached hydrogen (secondary N) is 1. The molecular formula is C26H24FN5O3. The molecule has 1 aliphatic carbocycles. The predicted molar refractivity (Wildman–Crippen MR) is 127 cm³/mol. The largest absolute Gasteiger partial charge is 0.508 e. The van der Waals surface area contributed by atoms with Gasteiger partial charge in [-0.05, 0) is 62.2 Å². The van der Waals surface area contributed by atoms with E-state index >= 15 is 0 Å². The fourth-order valence-electron chi connectivity index (χ4n) is 4.22. The number of phenolic OH excluding ortho intramolecular Hbond substituents is 1. The summed E-state index contributed by atoms with van der Waals surface area (Å²) in [7, 11) is 0. The lowest BCUT2D eigenvalue weighted by atomic mass is 9.79. The van der Waals surface area contributed by atoms with E-state index in [2.05, 4.69) is 20.5 Å². The van der Waals surface area contributed by atoms with E-state index in [0.29, 0.717) is 53.8 Å². The Morgan fingerprint density at radius 3 is 2.69 bits per heavy atom. The smallest absolute Gasteiger partial charge is 0.251 e. The van der Waals surface area contributed by atoms with Gasteiger partial charge < -0.3 is 15.2 Å². The summed E-state index contributed by atoms with van der Waals surface area (Å²) in [5.74, 6) is 1.06. The number of hydrogen-bond donors (Lipinski definition) is 2. The first-order valence-electron chi connectivity index (χ1n) is 11.4. The Hall–Kier alpha value is -4.27. The van der Waals surface area contributed by atoms with Crippen LogP contribution in [0.15, 0.2) is 66.9 Å². The molecule has 0 unspecified atom stereocenters. The van der Waals surface area contributed by atoms with Crippen molar-refractivity contribution in [2.75, 3.05) is 6.61 Å². The molecule has 178 valence electrons. The van der Waals surface area contributed by atoms with Gasteiger partial charge in [-0.15, -0.1) is 10.2 Å². The molecule has 2 aromatic carbocycles. The van der Waals surface area contributed by atoms with Gasteiger partial charge in [0, 0.05) is 17.5 Å².